The van der Waals surface area contributed by atoms with Crippen LogP contribution >= 0.6 is 15.9 Å². The van der Waals surface area contributed by atoms with E-state index < -0.39 is 0 Å². The second-order valence-corrected chi connectivity index (χ2v) is 6.21. The van der Waals surface area contributed by atoms with E-state index in [-0.39, 0.29) is 5.91 Å². The Balaban J connectivity index is 2.08. The van der Waals surface area contributed by atoms with Crippen molar-refractivity contribution >= 4 is 21.8 Å². The molecule has 0 unspecified atom stereocenters. The third-order valence-electron chi connectivity index (χ3n) is 3.79. The quantitative estimate of drug-likeness (QED) is 0.893. The summed E-state index contributed by atoms with van der Waals surface area (Å²) in [4.78, 5) is 17.6. The average Bonchev–Trinajstić information content (AvgIpc) is 2.83. The Bertz CT molecular complexity index is 424. The Morgan fingerprint density at radius 3 is 2.68 bits per heavy atom. The molecule has 0 saturated heterocycles. The number of nitrogens with two attached hydrogens (primary N) is 1. The lowest BCUT2D eigenvalue weighted by Gasteiger charge is -2.35. The first kappa shape index (κ1) is 14.6. The van der Waals surface area contributed by atoms with E-state index in [9.17, 15) is 4.79 Å². The predicted molar refractivity (Wildman–Crippen MR) is 80.1 cm³/mol. The first-order valence-corrected chi connectivity index (χ1v) is 7.81. The average molecular weight is 328 g/mol. The van der Waals surface area contributed by atoms with E-state index in [1.54, 1.807) is 6.20 Å². The van der Waals surface area contributed by atoms with E-state index >= 15 is 0 Å². The maximum atomic E-state index is 12.6. The third-order valence-corrected chi connectivity index (χ3v) is 4.24. The highest BCUT2D eigenvalue weighted by molar-refractivity contribution is 9.10. The van der Waals surface area contributed by atoms with Crippen LogP contribution < -0.4 is 5.73 Å². The fourth-order valence-corrected chi connectivity index (χ4v) is 3.09. The standard InChI is InChI=1S/C14H22BrN3O/c1-2-7-18(12-5-3-11(16)4-6-12)14(19)13-8-10(15)9-17-13/h8-9,11-12,17H,2-7,16H2,1H3. The van der Waals surface area contributed by atoms with E-state index in [4.69, 9.17) is 5.73 Å². The summed E-state index contributed by atoms with van der Waals surface area (Å²) in [6, 6.07) is 2.50. The van der Waals surface area contributed by atoms with E-state index in [0.29, 0.717) is 17.8 Å². The molecule has 1 heterocycles. The largest absolute Gasteiger partial charge is 0.356 e. The van der Waals surface area contributed by atoms with Gasteiger partial charge in [0.05, 0.1) is 0 Å². The van der Waals surface area contributed by atoms with Crippen LogP contribution in [0.5, 0.6) is 0 Å². The molecule has 1 aliphatic rings. The topological polar surface area (TPSA) is 62.1 Å². The molecule has 0 aromatic carbocycles. The lowest BCUT2D eigenvalue weighted by molar-refractivity contribution is 0.0621. The van der Waals surface area contributed by atoms with Crippen LogP contribution in [-0.4, -0.2) is 34.4 Å². The van der Waals surface area contributed by atoms with Crippen LogP contribution in [0, 0.1) is 0 Å². The molecule has 1 aromatic heterocycles. The van der Waals surface area contributed by atoms with Gasteiger partial charge in [0, 0.05) is 29.3 Å². The Hall–Kier alpha value is -0.810. The summed E-state index contributed by atoms with van der Waals surface area (Å²) in [6.07, 6.45) is 6.87. The summed E-state index contributed by atoms with van der Waals surface area (Å²) in [7, 11) is 0. The number of carbonyl (C=O) groups excluding carboxylic acids is 1. The molecule has 1 fully saturated rings. The zero-order valence-corrected chi connectivity index (χ0v) is 12.9. The van der Waals surface area contributed by atoms with Crippen molar-refractivity contribution in [3.05, 3.63) is 22.4 Å². The minimum atomic E-state index is 0.105. The summed E-state index contributed by atoms with van der Waals surface area (Å²) in [5.41, 5.74) is 6.61. The predicted octanol–water partition coefficient (Wildman–Crippen LogP) is 2.90. The molecule has 3 N–H and O–H groups in total. The second kappa shape index (κ2) is 6.57. The van der Waals surface area contributed by atoms with Crippen molar-refractivity contribution in [3.8, 4) is 0 Å². The molecule has 1 aliphatic carbocycles. The molecular formula is C14H22BrN3O. The minimum absolute atomic E-state index is 0.105. The molecule has 0 atom stereocenters. The van der Waals surface area contributed by atoms with Gasteiger partial charge in [-0.2, -0.15) is 0 Å². The summed E-state index contributed by atoms with van der Waals surface area (Å²) in [5.74, 6) is 0.105. The molecule has 1 aromatic rings. The number of rotatable bonds is 4. The van der Waals surface area contributed by atoms with Gasteiger partial charge in [-0.05, 0) is 54.1 Å². The Morgan fingerprint density at radius 1 is 1.47 bits per heavy atom. The van der Waals surface area contributed by atoms with Crippen LogP contribution in [0.3, 0.4) is 0 Å². The van der Waals surface area contributed by atoms with Crippen molar-refractivity contribution in [2.75, 3.05) is 6.54 Å². The van der Waals surface area contributed by atoms with Gasteiger partial charge in [-0.1, -0.05) is 6.92 Å². The number of aromatic nitrogens is 1. The Morgan fingerprint density at radius 2 is 2.16 bits per heavy atom. The molecular weight excluding hydrogens is 306 g/mol. The molecule has 1 amide bonds. The van der Waals surface area contributed by atoms with E-state index in [1.165, 1.54) is 0 Å². The van der Waals surface area contributed by atoms with Gasteiger partial charge in [0.2, 0.25) is 0 Å². The molecule has 1 saturated carbocycles. The van der Waals surface area contributed by atoms with Gasteiger partial charge in [-0.25, -0.2) is 0 Å². The Labute approximate surface area is 122 Å². The van der Waals surface area contributed by atoms with Crippen LogP contribution in [0.4, 0.5) is 0 Å². The van der Waals surface area contributed by atoms with Gasteiger partial charge in [-0.15, -0.1) is 0 Å². The van der Waals surface area contributed by atoms with Crippen molar-refractivity contribution in [2.24, 2.45) is 5.73 Å². The highest BCUT2D eigenvalue weighted by Crippen LogP contribution is 2.24. The lowest BCUT2D eigenvalue weighted by atomic mass is 9.90. The molecule has 0 aliphatic heterocycles. The van der Waals surface area contributed by atoms with Crippen LogP contribution in [-0.2, 0) is 0 Å². The zero-order valence-electron chi connectivity index (χ0n) is 11.4. The number of hydrogen-bond acceptors (Lipinski definition) is 2. The second-order valence-electron chi connectivity index (χ2n) is 5.30. The first-order valence-electron chi connectivity index (χ1n) is 7.02. The van der Waals surface area contributed by atoms with Gasteiger partial charge >= 0.3 is 0 Å². The lowest BCUT2D eigenvalue weighted by Crippen LogP contribution is -2.44. The van der Waals surface area contributed by atoms with Gasteiger partial charge in [0.1, 0.15) is 5.69 Å². The van der Waals surface area contributed by atoms with E-state index in [0.717, 1.165) is 43.1 Å². The number of hydrogen-bond donors (Lipinski definition) is 2. The maximum Gasteiger partial charge on any atom is 0.270 e. The van der Waals surface area contributed by atoms with Gasteiger partial charge < -0.3 is 15.6 Å². The number of halogens is 1. The summed E-state index contributed by atoms with van der Waals surface area (Å²) in [6.45, 7) is 2.93. The molecule has 0 radical (unpaired) electrons. The van der Waals surface area contributed by atoms with E-state index in [2.05, 4.69) is 27.8 Å². The molecule has 0 spiro atoms. The fraction of sp³-hybridized carbons (Fsp3) is 0.643. The van der Waals surface area contributed by atoms with Gasteiger partial charge in [0.25, 0.3) is 5.91 Å². The molecule has 2 rings (SSSR count). The number of aromatic amines is 1. The van der Waals surface area contributed by atoms with Gasteiger partial charge in [0.15, 0.2) is 0 Å². The number of carbonyl (C=O) groups is 1. The summed E-state index contributed by atoms with van der Waals surface area (Å²) < 4.78 is 0.915. The highest BCUT2D eigenvalue weighted by atomic mass is 79.9. The number of H-pyrrole nitrogens is 1. The summed E-state index contributed by atoms with van der Waals surface area (Å²) >= 11 is 3.37. The number of nitrogens with zero attached hydrogens (tertiary/aromatic N) is 1. The molecule has 19 heavy (non-hydrogen) atoms. The van der Waals surface area contributed by atoms with Crippen LogP contribution in [0.25, 0.3) is 0 Å². The van der Waals surface area contributed by atoms with Gasteiger partial charge in [-0.3, -0.25) is 4.79 Å². The van der Waals surface area contributed by atoms with Crippen molar-refractivity contribution in [1.29, 1.82) is 0 Å². The SMILES string of the molecule is CCCN(C(=O)c1cc(Br)c[nH]1)C1CCC(N)CC1. The summed E-state index contributed by atoms with van der Waals surface area (Å²) in [5, 5.41) is 0. The van der Waals surface area contributed by atoms with Crippen molar-refractivity contribution < 1.29 is 4.79 Å². The fourth-order valence-electron chi connectivity index (χ4n) is 2.75. The van der Waals surface area contributed by atoms with Crippen LogP contribution in [0.1, 0.15) is 49.5 Å². The molecule has 0 bridgehead atoms. The highest BCUT2D eigenvalue weighted by Gasteiger charge is 2.28. The first-order chi connectivity index (χ1) is 9.11. The maximum absolute atomic E-state index is 12.6. The van der Waals surface area contributed by atoms with Crippen molar-refractivity contribution in [3.63, 3.8) is 0 Å². The number of nitrogens with one attached hydrogen (secondary N) is 1. The molecule has 106 valence electrons. The molecule has 4 nitrogen and oxygen atoms in total. The van der Waals surface area contributed by atoms with Crippen molar-refractivity contribution in [2.45, 2.75) is 51.1 Å². The van der Waals surface area contributed by atoms with Crippen molar-refractivity contribution in [1.82, 2.24) is 9.88 Å². The minimum Gasteiger partial charge on any atom is -0.356 e. The third kappa shape index (κ3) is 3.60. The zero-order chi connectivity index (χ0) is 13.8. The molecule has 5 heteroatoms. The van der Waals surface area contributed by atoms with Crippen LogP contribution in [0.15, 0.2) is 16.7 Å². The Kier molecular flexibility index (Phi) is 5.05. The smallest absolute Gasteiger partial charge is 0.270 e. The monoisotopic (exact) mass is 327 g/mol. The van der Waals surface area contributed by atoms with Crippen LogP contribution in [0.2, 0.25) is 0 Å². The normalized spacial score (nSPS) is 23.3. The number of amides is 1. The van der Waals surface area contributed by atoms with E-state index in [1.807, 2.05) is 11.0 Å².